The molecule has 0 aromatic heterocycles. The molecule has 0 aliphatic carbocycles. The molecule has 0 atom stereocenters. The third-order valence-electron chi connectivity index (χ3n) is 2.71. The molecule has 0 aliphatic rings. The molecular formula is C14H11BrFNO. The molecule has 0 spiro atoms. The van der Waals surface area contributed by atoms with E-state index in [1.165, 1.54) is 12.1 Å². The molecule has 0 radical (unpaired) electrons. The second kappa shape index (κ2) is 4.90. The summed E-state index contributed by atoms with van der Waals surface area (Å²) in [4.78, 5) is 12.3. The molecule has 0 amide bonds. The lowest BCUT2D eigenvalue weighted by molar-refractivity contribution is 0.103. The number of halogens is 2. The molecule has 0 saturated carbocycles. The van der Waals surface area contributed by atoms with Crippen LogP contribution >= 0.6 is 15.9 Å². The monoisotopic (exact) mass is 307 g/mol. The second-order valence-electron chi connectivity index (χ2n) is 4.02. The zero-order valence-corrected chi connectivity index (χ0v) is 11.3. The van der Waals surface area contributed by atoms with Crippen molar-refractivity contribution >= 4 is 27.4 Å². The lowest BCUT2D eigenvalue weighted by Crippen LogP contribution is -2.05. The van der Waals surface area contributed by atoms with Gasteiger partial charge in [-0.25, -0.2) is 4.39 Å². The van der Waals surface area contributed by atoms with Gasteiger partial charge in [0.15, 0.2) is 5.78 Å². The van der Waals surface area contributed by atoms with Crippen molar-refractivity contribution in [3.05, 3.63) is 63.4 Å². The van der Waals surface area contributed by atoms with E-state index in [2.05, 4.69) is 15.9 Å². The minimum Gasteiger partial charge on any atom is -0.398 e. The smallest absolute Gasteiger partial charge is 0.193 e. The molecule has 2 aromatic rings. The molecule has 92 valence electrons. The molecule has 0 unspecified atom stereocenters. The van der Waals surface area contributed by atoms with Crippen LogP contribution in [0, 0.1) is 12.7 Å². The normalized spacial score (nSPS) is 10.4. The van der Waals surface area contributed by atoms with Gasteiger partial charge in [-0.1, -0.05) is 6.07 Å². The first-order chi connectivity index (χ1) is 8.49. The van der Waals surface area contributed by atoms with E-state index < -0.39 is 5.82 Å². The van der Waals surface area contributed by atoms with Gasteiger partial charge in [0.05, 0.1) is 0 Å². The van der Waals surface area contributed by atoms with Gasteiger partial charge >= 0.3 is 0 Å². The van der Waals surface area contributed by atoms with Crippen LogP contribution in [0.4, 0.5) is 10.1 Å². The highest BCUT2D eigenvalue weighted by molar-refractivity contribution is 9.10. The van der Waals surface area contributed by atoms with Gasteiger partial charge in [0, 0.05) is 21.3 Å². The van der Waals surface area contributed by atoms with Crippen LogP contribution in [0.25, 0.3) is 0 Å². The van der Waals surface area contributed by atoms with Gasteiger partial charge in [-0.2, -0.15) is 0 Å². The maximum Gasteiger partial charge on any atom is 0.193 e. The third-order valence-corrected chi connectivity index (χ3v) is 3.39. The fraction of sp³-hybridized carbons (Fsp3) is 0.0714. The summed E-state index contributed by atoms with van der Waals surface area (Å²) in [5, 5.41) is 0. The van der Waals surface area contributed by atoms with E-state index in [1.807, 2.05) is 0 Å². The molecule has 2 N–H and O–H groups in total. The Morgan fingerprint density at radius 1 is 1.22 bits per heavy atom. The second-order valence-corrected chi connectivity index (χ2v) is 4.88. The number of carbonyl (C=O) groups excluding carboxylic acids is 1. The van der Waals surface area contributed by atoms with Crippen molar-refractivity contribution in [1.82, 2.24) is 0 Å². The molecule has 2 nitrogen and oxygen atoms in total. The van der Waals surface area contributed by atoms with Crippen molar-refractivity contribution in [1.29, 1.82) is 0 Å². The Morgan fingerprint density at radius 3 is 2.61 bits per heavy atom. The average molecular weight is 308 g/mol. The summed E-state index contributed by atoms with van der Waals surface area (Å²) in [7, 11) is 0. The highest BCUT2D eigenvalue weighted by atomic mass is 79.9. The van der Waals surface area contributed by atoms with Gasteiger partial charge in [0.1, 0.15) is 5.82 Å². The van der Waals surface area contributed by atoms with Crippen LogP contribution in [0.15, 0.2) is 40.9 Å². The van der Waals surface area contributed by atoms with Crippen LogP contribution in [0.1, 0.15) is 21.5 Å². The highest BCUT2D eigenvalue weighted by Gasteiger charge is 2.13. The summed E-state index contributed by atoms with van der Waals surface area (Å²) < 4.78 is 13.8. The van der Waals surface area contributed by atoms with Crippen molar-refractivity contribution in [2.75, 3.05) is 5.73 Å². The Balaban J connectivity index is 2.47. The first-order valence-corrected chi connectivity index (χ1v) is 6.14. The van der Waals surface area contributed by atoms with Gasteiger partial charge in [0.2, 0.25) is 0 Å². The number of hydrogen-bond donors (Lipinski definition) is 1. The van der Waals surface area contributed by atoms with Gasteiger partial charge in [0.25, 0.3) is 0 Å². The SMILES string of the molecule is Cc1ccc(F)cc1C(=O)c1ccc(N)c(Br)c1. The fourth-order valence-corrected chi connectivity index (χ4v) is 2.04. The number of carbonyl (C=O) groups is 1. The topological polar surface area (TPSA) is 43.1 Å². The number of rotatable bonds is 2. The van der Waals surface area contributed by atoms with Crippen LogP contribution in [0.2, 0.25) is 0 Å². The van der Waals surface area contributed by atoms with Gasteiger partial charge in [-0.15, -0.1) is 0 Å². The van der Waals surface area contributed by atoms with E-state index in [-0.39, 0.29) is 5.78 Å². The molecular weight excluding hydrogens is 297 g/mol. The maximum atomic E-state index is 13.2. The van der Waals surface area contributed by atoms with Gasteiger partial charge in [-0.3, -0.25) is 4.79 Å². The van der Waals surface area contributed by atoms with Crippen LogP contribution < -0.4 is 5.73 Å². The highest BCUT2D eigenvalue weighted by Crippen LogP contribution is 2.23. The van der Waals surface area contributed by atoms with Crippen molar-refractivity contribution in [3.63, 3.8) is 0 Å². The van der Waals surface area contributed by atoms with E-state index in [0.29, 0.717) is 21.3 Å². The minimum absolute atomic E-state index is 0.215. The molecule has 4 heteroatoms. The lowest BCUT2D eigenvalue weighted by atomic mass is 9.99. The lowest BCUT2D eigenvalue weighted by Gasteiger charge is -2.06. The number of benzene rings is 2. The van der Waals surface area contributed by atoms with E-state index in [1.54, 1.807) is 31.2 Å². The summed E-state index contributed by atoms with van der Waals surface area (Å²) in [6.07, 6.45) is 0. The molecule has 2 aromatic carbocycles. The maximum absolute atomic E-state index is 13.2. The van der Waals surface area contributed by atoms with Crippen molar-refractivity contribution in [2.24, 2.45) is 0 Å². The molecule has 0 saturated heterocycles. The predicted molar refractivity (Wildman–Crippen MR) is 73.1 cm³/mol. The Morgan fingerprint density at radius 2 is 1.94 bits per heavy atom. The summed E-state index contributed by atoms with van der Waals surface area (Å²) >= 11 is 3.27. The predicted octanol–water partition coefficient (Wildman–Crippen LogP) is 3.71. The van der Waals surface area contributed by atoms with E-state index >= 15 is 0 Å². The molecule has 0 heterocycles. The standard InChI is InChI=1S/C14H11BrFNO/c1-8-2-4-10(16)7-11(8)14(18)9-3-5-13(17)12(15)6-9/h2-7H,17H2,1H3. The fourth-order valence-electron chi connectivity index (χ4n) is 1.66. The van der Waals surface area contributed by atoms with Gasteiger partial charge < -0.3 is 5.73 Å². The Hall–Kier alpha value is -1.68. The van der Waals surface area contributed by atoms with E-state index in [4.69, 9.17) is 5.73 Å². The molecule has 18 heavy (non-hydrogen) atoms. The quantitative estimate of drug-likeness (QED) is 0.679. The van der Waals surface area contributed by atoms with Crippen LogP contribution in [-0.4, -0.2) is 5.78 Å². The number of ketones is 1. The van der Waals surface area contributed by atoms with Crippen LogP contribution in [0.5, 0.6) is 0 Å². The summed E-state index contributed by atoms with van der Waals surface area (Å²) in [6.45, 7) is 1.78. The van der Waals surface area contributed by atoms with Crippen molar-refractivity contribution in [3.8, 4) is 0 Å². The summed E-state index contributed by atoms with van der Waals surface area (Å²) in [5.74, 6) is -0.633. The molecule has 0 fully saturated rings. The first-order valence-electron chi connectivity index (χ1n) is 5.35. The summed E-state index contributed by atoms with van der Waals surface area (Å²) in [6, 6.07) is 9.10. The summed E-state index contributed by atoms with van der Waals surface area (Å²) in [5.41, 5.74) is 7.81. The zero-order chi connectivity index (χ0) is 13.3. The van der Waals surface area contributed by atoms with Crippen LogP contribution in [-0.2, 0) is 0 Å². The number of hydrogen-bond acceptors (Lipinski definition) is 2. The van der Waals surface area contributed by atoms with E-state index in [9.17, 15) is 9.18 Å². The minimum atomic E-state index is -0.418. The number of nitrogen functional groups attached to an aromatic ring is 1. The Kier molecular flexibility index (Phi) is 3.48. The molecule has 0 aliphatic heterocycles. The van der Waals surface area contributed by atoms with Crippen LogP contribution in [0.3, 0.4) is 0 Å². The van der Waals surface area contributed by atoms with Crippen molar-refractivity contribution in [2.45, 2.75) is 6.92 Å². The van der Waals surface area contributed by atoms with Gasteiger partial charge in [-0.05, 0) is 58.7 Å². The molecule has 0 bridgehead atoms. The average Bonchev–Trinajstić information content (AvgIpc) is 2.35. The largest absolute Gasteiger partial charge is 0.398 e. The van der Waals surface area contributed by atoms with Crippen molar-refractivity contribution < 1.29 is 9.18 Å². The number of aryl methyl sites for hydroxylation is 1. The first kappa shape index (κ1) is 12.8. The third kappa shape index (κ3) is 2.43. The zero-order valence-electron chi connectivity index (χ0n) is 9.71. The number of anilines is 1. The van der Waals surface area contributed by atoms with E-state index in [0.717, 1.165) is 5.56 Å². The molecule has 2 rings (SSSR count). The Bertz CT molecular complexity index is 625. The Labute approximate surface area is 113 Å². The number of nitrogens with two attached hydrogens (primary N) is 1.